The SMILES string of the molecule is Nc1c(C2CC2)c([C@H]2C[C@H]3CC[C@@H](C2)N3C(=O)CO)nc2c(-c3cnc(-c4ncc[nH]4)c(F)c3)cnn12. The fourth-order valence-electron chi connectivity index (χ4n) is 6.39. The number of nitrogens with two attached hydrogens (primary N) is 1. The summed E-state index contributed by atoms with van der Waals surface area (Å²) < 4.78 is 16.7. The van der Waals surface area contributed by atoms with Crippen molar-refractivity contribution in [2.24, 2.45) is 0 Å². The Morgan fingerprint density at radius 1 is 1.14 bits per heavy atom. The van der Waals surface area contributed by atoms with Crippen molar-refractivity contribution in [2.75, 3.05) is 12.3 Å². The Kier molecular flexibility index (Phi) is 5.04. The summed E-state index contributed by atoms with van der Waals surface area (Å²) in [6, 6.07) is 1.63. The van der Waals surface area contributed by atoms with Gasteiger partial charge in [-0.05, 0) is 50.5 Å². The molecule has 1 amide bonds. The van der Waals surface area contributed by atoms with E-state index in [0.29, 0.717) is 34.3 Å². The van der Waals surface area contributed by atoms with Crippen LogP contribution in [-0.2, 0) is 4.79 Å². The van der Waals surface area contributed by atoms with Gasteiger partial charge < -0.3 is 20.7 Å². The zero-order valence-corrected chi connectivity index (χ0v) is 20.1. The second-order valence-corrected chi connectivity index (χ2v) is 10.4. The molecule has 1 saturated carbocycles. The molecule has 4 N–H and O–H groups in total. The van der Waals surface area contributed by atoms with Crippen LogP contribution in [0, 0.1) is 5.82 Å². The number of nitrogen functional groups attached to an aromatic ring is 1. The van der Waals surface area contributed by atoms with E-state index in [1.165, 1.54) is 6.07 Å². The molecule has 0 radical (unpaired) electrons. The van der Waals surface area contributed by atoms with Gasteiger partial charge in [0, 0.05) is 53.3 Å². The Morgan fingerprint density at radius 3 is 2.57 bits per heavy atom. The molecule has 37 heavy (non-hydrogen) atoms. The van der Waals surface area contributed by atoms with E-state index in [9.17, 15) is 9.90 Å². The fourth-order valence-corrected chi connectivity index (χ4v) is 6.39. The topological polar surface area (TPSA) is 138 Å². The number of halogens is 1. The summed E-state index contributed by atoms with van der Waals surface area (Å²) in [5.41, 5.74) is 10.7. The van der Waals surface area contributed by atoms with Crippen LogP contribution in [0.25, 0.3) is 28.3 Å². The number of imidazole rings is 1. The largest absolute Gasteiger partial charge is 0.387 e. The molecule has 3 atom stereocenters. The number of fused-ring (bicyclic) bond motifs is 3. The van der Waals surface area contributed by atoms with Gasteiger partial charge in [0.1, 0.15) is 18.1 Å². The van der Waals surface area contributed by atoms with Crippen LogP contribution in [0.5, 0.6) is 0 Å². The Bertz CT molecular complexity index is 1500. The summed E-state index contributed by atoms with van der Waals surface area (Å²) in [4.78, 5) is 30.7. The summed E-state index contributed by atoms with van der Waals surface area (Å²) in [5, 5.41) is 14.0. The number of nitrogens with one attached hydrogen (secondary N) is 1. The maximum atomic E-state index is 15.0. The van der Waals surface area contributed by atoms with Crippen LogP contribution in [0.4, 0.5) is 10.2 Å². The predicted octanol–water partition coefficient (Wildman–Crippen LogP) is 3.01. The van der Waals surface area contributed by atoms with E-state index in [4.69, 9.17) is 10.7 Å². The maximum absolute atomic E-state index is 15.0. The highest BCUT2D eigenvalue weighted by Crippen LogP contribution is 2.50. The highest BCUT2D eigenvalue weighted by atomic mass is 19.1. The predicted molar refractivity (Wildman–Crippen MR) is 133 cm³/mol. The number of rotatable bonds is 5. The average Bonchev–Trinajstić information content (AvgIpc) is 3.29. The van der Waals surface area contributed by atoms with Gasteiger partial charge in [-0.25, -0.2) is 19.3 Å². The van der Waals surface area contributed by atoms with Crippen molar-refractivity contribution in [1.29, 1.82) is 0 Å². The summed E-state index contributed by atoms with van der Waals surface area (Å²) in [7, 11) is 0. The number of aromatic nitrogens is 6. The molecule has 2 saturated heterocycles. The molecule has 4 aromatic rings. The van der Waals surface area contributed by atoms with E-state index in [1.807, 2.05) is 4.90 Å². The molecular formula is C26H27FN8O2. The summed E-state index contributed by atoms with van der Waals surface area (Å²) in [6.07, 6.45) is 12.0. The number of amides is 1. The molecule has 2 aliphatic heterocycles. The van der Waals surface area contributed by atoms with E-state index < -0.39 is 12.4 Å². The van der Waals surface area contributed by atoms with Gasteiger partial charge in [0.25, 0.3) is 0 Å². The second-order valence-electron chi connectivity index (χ2n) is 10.4. The molecule has 1 aliphatic carbocycles. The summed E-state index contributed by atoms with van der Waals surface area (Å²) >= 11 is 0. The van der Waals surface area contributed by atoms with Crippen molar-refractivity contribution in [3.8, 4) is 22.6 Å². The minimum atomic E-state index is -0.493. The molecule has 4 aromatic heterocycles. The molecule has 2 bridgehead atoms. The number of carbonyl (C=O) groups excluding carboxylic acids is 1. The number of aliphatic hydroxyl groups is 1. The van der Waals surface area contributed by atoms with Crippen molar-refractivity contribution >= 4 is 17.4 Å². The van der Waals surface area contributed by atoms with Crippen molar-refractivity contribution < 1.29 is 14.3 Å². The molecule has 0 unspecified atom stereocenters. The van der Waals surface area contributed by atoms with Crippen molar-refractivity contribution in [2.45, 2.75) is 62.4 Å². The van der Waals surface area contributed by atoms with Crippen LogP contribution in [0.2, 0.25) is 0 Å². The average molecular weight is 503 g/mol. The van der Waals surface area contributed by atoms with Gasteiger partial charge in [-0.1, -0.05) is 0 Å². The number of carbonyl (C=O) groups is 1. The van der Waals surface area contributed by atoms with Gasteiger partial charge in [-0.15, -0.1) is 0 Å². The Hall–Kier alpha value is -3.86. The van der Waals surface area contributed by atoms with Crippen molar-refractivity contribution in [1.82, 2.24) is 34.4 Å². The van der Waals surface area contributed by atoms with E-state index in [2.05, 4.69) is 20.1 Å². The number of H-pyrrole nitrogens is 1. The summed E-state index contributed by atoms with van der Waals surface area (Å²) in [6.45, 7) is -0.454. The lowest BCUT2D eigenvalue weighted by Gasteiger charge is -2.39. The monoisotopic (exact) mass is 502 g/mol. The molecule has 11 heteroatoms. The lowest BCUT2D eigenvalue weighted by molar-refractivity contribution is -0.138. The third kappa shape index (κ3) is 3.51. The zero-order chi connectivity index (χ0) is 25.3. The minimum absolute atomic E-state index is 0.103. The van der Waals surface area contributed by atoms with Crippen molar-refractivity contribution in [3.05, 3.63) is 47.9 Å². The molecule has 3 aliphatic rings. The number of aliphatic hydroxyl groups excluding tert-OH is 1. The molecule has 190 valence electrons. The summed E-state index contributed by atoms with van der Waals surface area (Å²) in [5.74, 6) is 0.774. The number of anilines is 1. The van der Waals surface area contributed by atoms with Crippen LogP contribution in [-0.4, -0.2) is 64.2 Å². The highest BCUT2D eigenvalue weighted by molar-refractivity contribution is 5.80. The van der Waals surface area contributed by atoms with E-state index in [1.54, 1.807) is 29.3 Å². The van der Waals surface area contributed by atoms with Gasteiger partial charge in [0.2, 0.25) is 5.91 Å². The fraction of sp³-hybridized carbons (Fsp3) is 0.423. The molecule has 0 aromatic carbocycles. The lowest BCUT2D eigenvalue weighted by atomic mass is 9.85. The number of hydrogen-bond acceptors (Lipinski definition) is 7. The lowest BCUT2D eigenvalue weighted by Crippen LogP contribution is -2.47. The molecular weight excluding hydrogens is 475 g/mol. The van der Waals surface area contributed by atoms with Gasteiger partial charge in [-0.3, -0.25) is 4.79 Å². The molecule has 3 fully saturated rings. The van der Waals surface area contributed by atoms with Crippen LogP contribution >= 0.6 is 0 Å². The van der Waals surface area contributed by atoms with Gasteiger partial charge in [0.05, 0.1) is 11.9 Å². The first-order chi connectivity index (χ1) is 18.0. The molecule has 6 heterocycles. The number of hydrogen-bond donors (Lipinski definition) is 3. The highest BCUT2D eigenvalue weighted by Gasteiger charge is 2.45. The number of pyridine rings is 1. The normalized spacial score (nSPS) is 23.2. The quantitative estimate of drug-likeness (QED) is 0.381. The first kappa shape index (κ1) is 22.3. The van der Waals surface area contributed by atoms with Crippen LogP contribution in [0.15, 0.2) is 30.9 Å². The second kappa shape index (κ2) is 8.34. The van der Waals surface area contributed by atoms with Crippen LogP contribution < -0.4 is 5.73 Å². The van der Waals surface area contributed by atoms with E-state index in [-0.39, 0.29) is 29.6 Å². The Labute approximate surface area is 211 Å². The van der Waals surface area contributed by atoms with Gasteiger partial charge >= 0.3 is 0 Å². The zero-order valence-electron chi connectivity index (χ0n) is 20.1. The third-order valence-corrected chi connectivity index (χ3v) is 8.15. The smallest absolute Gasteiger partial charge is 0.248 e. The minimum Gasteiger partial charge on any atom is -0.387 e. The first-order valence-corrected chi connectivity index (χ1v) is 12.8. The molecule has 10 nitrogen and oxygen atoms in total. The Balaban J connectivity index is 1.31. The van der Waals surface area contributed by atoms with Gasteiger partial charge in [-0.2, -0.15) is 9.61 Å². The number of nitrogens with zero attached hydrogens (tertiary/aromatic N) is 6. The third-order valence-electron chi connectivity index (χ3n) is 8.15. The number of aromatic amines is 1. The van der Waals surface area contributed by atoms with E-state index >= 15 is 4.39 Å². The molecule has 0 spiro atoms. The van der Waals surface area contributed by atoms with Crippen LogP contribution in [0.3, 0.4) is 0 Å². The first-order valence-electron chi connectivity index (χ1n) is 12.8. The number of piperidine rings is 1. The van der Waals surface area contributed by atoms with Gasteiger partial charge in [0.15, 0.2) is 17.3 Å². The maximum Gasteiger partial charge on any atom is 0.248 e. The standard InChI is InChI=1S/C26H27FN8O2/c27-19-9-15(10-31-23(19)25-29-5-6-30-25)18-11-32-35-24(28)21(13-1-2-13)22(33-26(18)35)14-7-16-3-4-17(8-14)34(16)20(37)12-36/h5-6,9-11,13-14,16-17,36H,1-4,7-8,12,28H2,(H,29,30)/t14-,16+,17-. The Morgan fingerprint density at radius 2 is 1.92 bits per heavy atom. The molecule has 7 rings (SSSR count). The van der Waals surface area contributed by atoms with E-state index in [0.717, 1.165) is 49.8 Å². The van der Waals surface area contributed by atoms with Crippen molar-refractivity contribution in [3.63, 3.8) is 0 Å². The van der Waals surface area contributed by atoms with Crippen LogP contribution in [0.1, 0.15) is 61.6 Å².